The van der Waals surface area contributed by atoms with Gasteiger partial charge in [-0.2, -0.15) is 4.98 Å². The Morgan fingerprint density at radius 1 is 1.23 bits per heavy atom. The zero-order chi connectivity index (χ0) is 18.1. The van der Waals surface area contributed by atoms with E-state index in [1.54, 1.807) is 0 Å². The van der Waals surface area contributed by atoms with Gasteiger partial charge >= 0.3 is 0 Å². The molecular weight excluding hydrogens is 374 g/mol. The van der Waals surface area contributed by atoms with Crippen molar-refractivity contribution in [3.05, 3.63) is 53.2 Å². The van der Waals surface area contributed by atoms with Gasteiger partial charge in [0.15, 0.2) is 9.84 Å². The third-order valence-electron chi connectivity index (χ3n) is 4.08. The summed E-state index contributed by atoms with van der Waals surface area (Å²) in [6, 6.07) is 11.2. The number of carbonyl (C=O) groups is 1. The summed E-state index contributed by atoms with van der Waals surface area (Å²) in [6.07, 6.45) is 0.732. The van der Waals surface area contributed by atoms with Crippen molar-refractivity contribution in [1.82, 2.24) is 10.1 Å². The van der Waals surface area contributed by atoms with Crippen LogP contribution in [0.4, 0.5) is 5.69 Å². The monoisotopic (exact) mass is 389 g/mol. The summed E-state index contributed by atoms with van der Waals surface area (Å²) in [5.74, 6) is -1.13. The summed E-state index contributed by atoms with van der Waals surface area (Å²) in [5.41, 5.74) is 1.83. The topological polar surface area (TPSA) is 93.4 Å². The van der Waals surface area contributed by atoms with E-state index in [0.29, 0.717) is 12.4 Å². The van der Waals surface area contributed by atoms with Crippen LogP contribution in [0.15, 0.2) is 46.3 Å². The second kappa shape index (κ2) is 6.65. The Morgan fingerprint density at radius 2 is 2.08 bits per heavy atom. The second-order valence-corrected chi connectivity index (χ2v) is 8.96. The molecule has 9 heteroatoms. The molecule has 4 rings (SSSR count). The third kappa shape index (κ3) is 3.40. The molecule has 0 radical (unpaired) electrons. The summed E-state index contributed by atoms with van der Waals surface area (Å²) < 4.78 is 29.8. The Morgan fingerprint density at radius 3 is 2.88 bits per heavy atom. The Bertz CT molecular complexity index is 1040. The molecule has 0 saturated carbocycles. The molecule has 134 valence electrons. The number of amides is 1. The first-order valence-electron chi connectivity index (χ1n) is 7.97. The van der Waals surface area contributed by atoms with Crippen molar-refractivity contribution in [1.29, 1.82) is 0 Å². The molecule has 0 atom stereocenters. The quantitative estimate of drug-likeness (QED) is 0.665. The van der Waals surface area contributed by atoms with Gasteiger partial charge in [0.1, 0.15) is 11.5 Å². The summed E-state index contributed by atoms with van der Waals surface area (Å²) in [4.78, 5) is 18.9. The third-order valence-corrected chi connectivity index (χ3v) is 6.32. The van der Waals surface area contributed by atoms with Crippen LogP contribution >= 0.6 is 11.3 Å². The first-order valence-corrected chi connectivity index (χ1v) is 10.7. The normalized spacial score (nSPS) is 13.8. The molecule has 0 N–H and O–H groups in total. The van der Waals surface area contributed by atoms with Crippen LogP contribution in [0.5, 0.6) is 0 Å². The van der Waals surface area contributed by atoms with E-state index >= 15 is 0 Å². The maximum absolute atomic E-state index is 12.5. The zero-order valence-electron chi connectivity index (χ0n) is 13.7. The van der Waals surface area contributed by atoms with E-state index in [-0.39, 0.29) is 5.89 Å². The molecule has 0 spiro atoms. The average molecular weight is 389 g/mol. The van der Waals surface area contributed by atoms with E-state index in [2.05, 4.69) is 10.1 Å². The van der Waals surface area contributed by atoms with Gasteiger partial charge in [-0.15, -0.1) is 11.3 Å². The zero-order valence-corrected chi connectivity index (χ0v) is 15.3. The minimum Gasteiger partial charge on any atom is -0.338 e. The number of aromatic nitrogens is 2. The maximum atomic E-state index is 12.5. The first kappa shape index (κ1) is 16.9. The van der Waals surface area contributed by atoms with Crippen LogP contribution in [0, 0.1) is 0 Å². The number of rotatable bonds is 5. The van der Waals surface area contributed by atoms with Gasteiger partial charge in [0.25, 0.3) is 0 Å². The number of hydrogen-bond donors (Lipinski definition) is 0. The van der Waals surface area contributed by atoms with Crippen molar-refractivity contribution >= 4 is 32.8 Å². The van der Waals surface area contributed by atoms with Crippen LogP contribution in [-0.2, 0) is 26.8 Å². The van der Waals surface area contributed by atoms with Crippen molar-refractivity contribution in [2.75, 3.05) is 17.2 Å². The van der Waals surface area contributed by atoms with Gasteiger partial charge in [0.2, 0.25) is 17.6 Å². The highest BCUT2D eigenvalue weighted by Crippen LogP contribution is 2.28. The largest absolute Gasteiger partial charge is 0.338 e. The number of para-hydroxylation sites is 1. The van der Waals surface area contributed by atoms with Gasteiger partial charge in [-0.1, -0.05) is 29.4 Å². The molecule has 3 aromatic rings. The molecule has 1 aliphatic rings. The lowest BCUT2D eigenvalue weighted by atomic mass is 10.2. The van der Waals surface area contributed by atoms with E-state index in [1.165, 1.54) is 16.2 Å². The molecule has 2 aromatic heterocycles. The van der Waals surface area contributed by atoms with Gasteiger partial charge in [-0.3, -0.25) is 4.79 Å². The molecule has 0 unspecified atom stereocenters. The lowest BCUT2D eigenvalue weighted by molar-refractivity contribution is -0.116. The molecule has 1 aromatic carbocycles. The molecule has 1 amide bonds. The fraction of sp³-hybridized carbons (Fsp3) is 0.235. The number of carbonyl (C=O) groups excluding carboxylic acids is 1. The Hall–Kier alpha value is -2.52. The number of hydrogen-bond acceptors (Lipinski definition) is 7. The van der Waals surface area contributed by atoms with Crippen molar-refractivity contribution in [2.24, 2.45) is 0 Å². The number of anilines is 1. The van der Waals surface area contributed by atoms with E-state index < -0.39 is 27.3 Å². The first-order chi connectivity index (χ1) is 12.5. The number of benzene rings is 1. The molecule has 1 aliphatic heterocycles. The van der Waals surface area contributed by atoms with Gasteiger partial charge in [-0.05, 0) is 29.5 Å². The highest BCUT2D eigenvalue weighted by Gasteiger charge is 2.29. The fourth-order valence-corrected chi connectivity index (χ4v) is 4.70. The van der Waals surface area contributed by atoms with Crippen LogP contribution in [0.2, 0.25) is 0 Å². The van der Waals surface area contributed by atoms with Crippen molar-refractivity contribution in [3.63, 3.8) is 0 Å². The van der Waals surface area contributed by atoms with Gasteiger partial charge in [0, 0.05) is 12.2 Å². The maximum Gasteiger partial charge on any atom is 0.242 e. The highest BCUT2D eigenvalue weighted by atomic mass is 32.2. The number of nitrogens with zero attached hydrogens (tertiary/aromatic N) is 3. The van der Waals surface area contributed by atoms with Gasteiger partial charge in [0.05, 0.1) is 4.88 Å². The smallest absolute Gasteiger partial charge is 0.242 e. The van der Waals surface area contributed by atoms with Gasteiger partial charge in [-0.25, -0.2) is 8.42 Å². The molecular formula is C17H15N3O4S2. The molecule has 7 nitrogen and oxygen atoms in total. The summed E-state index contributed by atoms with van der Waals surface area (Å²) in [6.45, 7) is 0.497. The Labute approximate surface area is 154 Å². The Balaban J connectivity index is 1.45. The van der Waals surface area contributed by atoms with Crippen LogP contribution in [0.1, 0.15) is 11.5 Å². The summed E-state index contributed by atoms with van der Waals surface area (Å²) in [5, 5.41) is 5.66. The lowest BCUT2D eigenvalue weighted by Gasteiger charge is -2.16. The Kier molecular flexibility index (Phi) is 4.33. The number of fused-ring (bicyclic) bond motifs is 1. The van der Waals surface area contributed by atoms with Crippen LogP contribution in [0.3, 0.4) is 0 Å². The summed E-state index contributed by atoms with van der Waals surface area (Å²) in [7, 11) is -3.71. The standard InChI is InChI=1S/C17H15N3O4S2/c21-16(20-8-7-12-4-1-2-5-13(12)20)11-26(22,23)10-15-18-17(19-24-15)14-6-3-9-25-14/h1-6,9H,7-8,10-11H2. The van der Waals surface area contributed by atoms with E-state index in [1.807, 2.05) is 41.8 Å². The van der Waals surface area contributed by atoms with Gasteiger partial charge < -0.3 is 9.42 Å². The molecule has 0 aliphatic carbocycles. The second-order valence-electron chi connectivity index (χ2n) is 5.95. The van der Waals surface area contributed by atoms with Crippen LogP contribution in [-0.4, -0.2) is 36.8 Å². The van der Waals surface area contributed by atoms with Crippen molar-refractivity contribution in [2.45, 2.75) is 12.2 Å². The average Bonchev–Trinajstić information content (AvgIpc) is 3.34. The minimum absolute atomic E-state index is 0.0111. The van der Waals surface area contributed by atoms with E-state index in [0.717, 1.165) is 22.5 Å². The van der Waals surface area contributed by atoms with Crippen molar-refractivity contribution in [3.8, 4) is 10.7 Å². The van der Waals surface area contributed by atoms with Crippen LogP contribution in [0.25, 0.3) is 10.7 Å². The molecule has 3 heterocycles. The lowest BCUT2D eigenvalue weighted by Crippen LogP contribution is -2.34. The van der Waals surface area contributed by atoms with Crippen molar-refractivity contribution < 1.29 is 17.7 Å². The summed E-state index contributed by atoms with van der Waals surface area (Å²) >= 11 is 1.43. The van der Waals surface area contributed by atoms with E-state index in [4.69, 9.17) is 4.52 Å². The molecule has 0 saturated heterocycles. The molecule has 26 heavy (non-hydrogen) atoms. The SMILES string of the molecule is O=C(CS(=O)(=O)Cc1nc(-c2cccs2)no1)N1CCc2ccccc21. The predicted molar refractivity (Wildman–Crippen MR) is 97.6 cm³/mol. The molecule has 0 fully saturated rings. The minimum atomic E-state index is -3.71. The predicted octanol–water partition coefficient (Wildman–Crippen LogP) is 2.30. The number of sulfone groups is 1. The highest BCUT2D eigenvalue weighted by molar-refractivity contribution is 7.91. The van der Waals surface area contributed by atoms with E-state index in [9.17, 15) is 13.2 Å². The molecule has 0 bridgehead atoms. The fourth-order valence-electron chi connectivity index (χ4n) is 2.92. The van der Waals surface area contributed by atoms with Crippen LogP contribution < -0.4 is 4.90 Å². The number of thiophene rings is 1.